The molecule has 1 aromatic carbocycles. The highest BCUT2D eigenvalue weighted by Crippen LogP contribution is 2.72. The summed E-state index contributed by atoms with van der Waals surface area (Å²) < 4.78 is 19.7. The number of aliphatic hydroxyl groups is 1. The van der Waals surface area contributed by atoms with Crippen molar-refractivity contribution in [3.05, 3.63) is 47.2 Å². The SMILES string of the molecule is CC1(C)O[C@@]23CCC4(C)[C@@]5(C)c6[nH]c7ccccc7c6CC5C[C@H](OCC(=O)N5CCCCC5)[C@@]4(O)C2=CC(=O)C1O3. The molecule has 6 aliphatic rings. The van der Waals surface area contributed by atoms with E-state index >= 15 is 0 Å². The van der Waals surface area contributed by atoms with Crippen LogP contribution in [0.3, 0.4) is 0 Å². The molecular weight excluding hydrogens is 532 g/mol. The molecule has 2 saturated heterocycles. The van der Waals surface area contributed by atoms with Gasteiger partial charge in [-0.1, -0.05) is 32.0 Å². The lowest BCUT2D eigenvalue weighted by Gasteiger charge is -2.67. The first-order valence-corrected chi connectivity index (χ1v) is 15.8. The Morgan fingerprint density at radius 2 is 1.88 bits per heavy atom. The minimum Gasteiger partial charge on any atom is -0.382 e. The van der Waals surface area contributed by atoms with E-state index < -0.39 is 40.0 Å². The van der Waals surface area contributed by atoms with Gasteiger partial charge in [0.15, 0.2) is 17.7 Å². The number of hydrogen-bond donors (Lipinski definition) is 2. The van der Waals surface area contributed by atoms with E-state index in [-0.39, 0.29) is 24.2 Å². The van der Waals surface area contributed by atoms with Crippen molar-refractivity contribution in [1.82, 2.24) is 9.88 Å². The Balaban J connectivity index is 1.26. The predicted octanol–water partition coefficient (Wildman–Crippen LogP) is 4.33. The molecule has 2 saturated carbocycles. The summed E-state index contributed by atoms with van der Waals surface area (Å²) in [5, 5.41) is 14.6. The van der Waals surface area contributed by atoms with Crippen LogP contribution in [0.4, 0.5) is 0 Å². The number of benzene rings is 1. The Labute approximate surface area is 246 Å². The van der Waals surface area contributed by atoms with Gasteiger partial charge in [0, 0.05) is 52.5 Å². The highest BCUT2D eigenvalue weighted by Gasteiger charge is 2.78. The predicted molar refractivity (Wildman–Crippen MR) is 156 cm³/mol. The number of piperidine rings is 1. The van der Waals surface area contributed by atoms with Gasteiger partial charge < -0.3 is 29.2 Å². The second kappa shape index (κ2) is 8.56. The van der Waals surface area contributed by atoms with E-state index in [9.17, 15) is 14.7 Å². The van der Waals surface area contributed by atoms with Crippen molar-refractivity contribution in [3.8, 4) is 0 Å². The fourth-order valence-corrected chi connectivity index (χ4v) is 9.99. The van der Waals surface area contributed by atoms with E-state index in [1.807, 2.05) is 24.8 Å². The van der Waals surface area contributed by atoms with Crippen LogP contribution in [0, 0.1) is 11.3 Å². The lowest BCUT2D eigenvalue weighted by molar-refractivity contribution is -0.280. The summed E-state index contributed by atoms with van der Waals surface area (Å²) in [6, 6.07) is 8.41. The highest BCUT2D eigenvalue weighted by molar-refractivity contribution is 5.97. The topological polar surface area (TPSA) is 101 Å². The average molecular weight is 575 g/mol. The van der Waals surface area contributed by atoms with Gasteiger partial charge in [-0.25, -0.2) is 0 Å². The molecule has 2 N–H and O–H groups in total. The molecule has 42 heavy (non-hydrogen) atoms. The molecule has 3 unspecified atom stereocenters. The van der Waals surface area contributed by atoms with E-state index in [1.165, 1.54) is 16.6 Å². The van der Waals surface area contributed by atoms with Crippen molar-refractivity contribution in [1.29, 1.82) is 0 Å². The molecule has 8 rings (SSSR count). The van der Waals surface area contributed by atoms with Gasteiger partial charge in [-0.2, -0.15) is 0 Å². The molecule has 1 aromatic heterocycles. The summed E-state index contributed by atoms with van der Waals surface area (Å²) in [5.74, 6) is -1.23. The zero-order chi connectivity index (χ0) is 29.3. The van der Waals surface area contributed by atoms with Crippen LogP contribution in [-0.4, -0.2) is 75.6 Å². The number of hydrogen-bond acceptors (Lipinski definition) is 6. The lowest BCUT2D eigenvalue weighted by Crippen LogP contribution is -2.75. The Morgan fingerprint density at radius 3 is 2.67 bits per heavy atom. The first-order chi connectivity index (χ1) is 19.9. The van der Waals surface area contributed by atoms with Crippen molar-refractivity contribution in [2.45, 2.75) is 107 Å². The molecule has 3 aliphatic carbocycles. The molecule has 7 atom stereocenters. The summed E-state index contributed by atoms with van der Waals surface area (Å²) in [7, 11) is 0. The van der Waals surface area contributed by atoms with Gasteiger partial charge in [0.1, 0.15) is 17.8 Å². The smallest absolute Gasteiger partial charge is 0.248 e. The molecule has 1 spiro atoms. The highest BCUT2D eigenvalue weighted by atomic mass is 16.8. The molecule has 4 fully saturated rings. The second-order valence-corrected chi connectivity index (χ2v) is 14.6. The molecule has 3 aliphatic heterocycles. The van der Waals surface area contributed by atoms with E-state index in [1.54, 1.807) is 6.08 Å². The molecule has 4 heterocycles. The van der Waals surface area contributed by atoms with Crippen LogP contribution in [0.5, 0.6) is 0 Å². The van der Waals surface area contributed by atoms with Gasteiger partial charge in [0.05, 0.1) is 6.10 Å². The summed E-state index contributed by atoms with van der Waals surface area (Å²) in [6.07, 6.45) is 5.91. The number of ether oxygens (including phenoxy) is 3. The van der Waals surface area contributed by atoms with E-state index in [4.69, 9.17) is 14.2 Å². The number of aromatic amines is 1. The van der Waals surface area contributed by atoms with Crippen molar-refractivity contribution in [2.24, 2.45) is 11.3 Å². The molecular formula is C34H42N2O6. The number of amides is 1. The van der Waals surface area contributed by atoms with Crippen LogP contribution < -0.4 is 0 Å². The third-order valence-electron chi connectivity index (χ3n) is 12.4. The maximum absolute atomic E-state index is 13.5. The lowest BCUT2D eigenvalue weighted by atomic mass is 9.41. The number of ketones is 1. The number of nitrogens with one attached hydrogen (secondary N) is 1. The van der Waals surface area contributed by atoms with Crippen molar-refractivity contribution >= 4 is 22.6 Å². The molecule has 2 aromatic rings. The third-order valence-corrected chi connectivity index (χ3v) is 12.4. The number of likely N-dealkylation sites (tertiary alicyclic amines) is 1. The Hall–Kier alpha value is -2.52. The quantitative estimate of drug-likeness (QED) is 0.566. The molecule has 2 bridgehead atoms. The van der Waals surface area contributed by atoms with Crippen molar-refractivity contribution < 1.29 is 28.9 Å². The van der Waals surface area contributed by atoms with Crippen LogP contribution in [0.25, 0.3) is 10.9 Å². The molecule has 8 heteroatoms. The first-order valence-electron chi connectivity index (χ1n) is 15.8. The standard InChI is InChI=1S/C34H42N2O6/c1-30(2)29-24(37)18-25-33(41-29,42-30)13-12-31(3)32(4)20(16-22-21-10-6-7-11-23(21)35-28(22)32)17-26(34(25,31)39)40-19-27(38)36-14-8-5-9-15-36/h6-7,10-11,18,20,26,29,35,39H,5,8-9,12-17,19H2,1-4H3/t20?,26-,29?,31?,32+,33-,34-/m0/s1. The first kappa shape index (κ1) is 27.1. The maximum Gasteiger partial charge on any atom is 0.248 e. The fraction of sp³-hybridized carbons (Fsp3) is 0.647. The summed E-state index contributed by atoms with van der Waals surface area (Å²) in [4.78, 5) is 32.5. The van der Waals surface area contributed by atoms with Crippen molar-refractivity contribution in [3.63, 3.8) is 0 Å². The zero-order valence-electron chi connectivity index (χ0n) is 25.1. The summed E-state index contributed by atoms with van der Waals surface area (Å²) in [5.41, 5.74) is 0.442. The van der Waals surface area contributed by atoms with Gasteiger partial charge in [-0.15, -0.1) is 0 Å². The summed E-state index contributed by atoms with van der Waals surface area (Å²) >= 11 is 0. The van der Waals surface area contributed by atoms with Crippen molar-refractivity contribution in [2.75, 3.05) is 19.7 Å². The fourth-order valence-electron chi connectivity index (χ4n) is 9.99. The van der Waals surface area contributed by atoms with E-state index in [0.717, 1.165) is 44.3 Å². The van der Waals surface area contributed by atoms with Gasteiger partial charge in [-0.05, 0) is 76.0 Å². The number of para-hydroxylation sites is 1. The third kappa shape index (κ3) is 3.17. The van der Waals surface area contributed by atoms with Crippen LogP contribution in [0.2, 0.25) is 0 Å². The number of carbonyl (C=O) groups excluding carboxylic acids is 2. The number of nitrogens with zero attached hydrogens (tertiary/aromatic N) is 1. The second-order valence-electron chi connectivity index (χ2n) is 14.6. The van der Waals surface area contributed by atoms with Gasteiger partial charge in [0.25, 0.3) is 0 Å². The number of carbonyl (C=O) groups is 2. The number of aromatic nitrogens is 1. The minimum absolute atomic E-state index is 0.0373. The Bertz CT molecular complexity index is 1540. The van der Waals surface area contributed by atoms with Crippen LogP contribution in [0.1, 0.15) is 77.5 Å². The van der Waals surface area contributed by atoms with Gasteiger partial charge in [0.2, 0.25) is 5.91 Å². The molecule has 8 nitrogen and oxygen atoms in total. The van der Waals surface area contributed by atoms with Gasteiger partial charge in [-0.3, -0.25) is 9.59 Å². The van der Waals surface area contributed by atoms with E-state index in [0.29, 0.717) is 24.8 Å². The number of fused-ring (bicyclic) bond motifs is 9. The minimum atomic E-state index is -1.60. The molecule has 224 valence electrons. The van der Waals surface area contributed by atoms with Crippen LogP contribution >= 0.6 is 0 Å². The maximum atomic E-state index is 13.5. The van der Waals surface area contributed by atoms with Crippen LogP contribution in [-0.2, 0) is 35.6 Å². The Kier molecular flexibility index (Phi) is 5.51. The average Bonchev–Trinajstić information content (AvgIpc) is 3.56. The molecule has 0 radical (unpaired) electrons. The largest absolute Gasteiger partial charge is 0.382 e. The zero-order valence-corrected chi connectivity index (χ0v) is 25.1. The molecule has 1 amide bonds. The Morgan fingerprint density at radius 1 is 1.12 bits per heavy atom. The normalized spacial score (nSPS) is 41.6. The van der Waals surface area contributed by atoms with E-state index in [2.05, 4.69) is 37.0 Å². The summed E-state index contributed by atoms with van der Waals surface area (Å²) in [6.45, 7) is 9.62. The number of H-pyrrole nitrogens is 1. The van der Waals surface area contributed by atoms with Crippen LogP contribution in [0.15, 0.2) is 35.9 Å². The van der Waals surface area contributed by atoms with Gasteiger partial charge >= 0.3 is 0 Å². The monoisotopic (exact) mass is 574 g/mol. The number of rotatable bonds is 3.